The summed E-state index contributed by atoms with van der Waals surface area (Å²) in [6.07, 6.45) is 3.53. The van der Waals surface area contributed by atoms with Crippen molar-refractivity contribution < 1.29 is 22.4 Å². The summed E-state index contributed by atoms with van der Waals surface area (Å²) in [6, 6.07) is 1.64. The van der Waals surface area contributed by atoms with Gasteiger partial charge in [0.05, 0.1) is 29.5 Å². The number of aromatic nitrogens is 3. The molecule has 0 unspecified atom stereocenters. The molecule has 1 aliphatic rings. The van der Waals surface area contributed by atoms with Crippen LogP contribution in [0.5, 0.6) is 0 Å². The Morgan fingerprint density at radius 1 is 1.10 bits per heavy atom. The second kappa shape index (κ2) is 7.34. The van der Waals surface area contributed by atoms with Crippen LogP contribution in [0.3, 0.4) is 0 Å². The number of fused-ring (bicyclic) bond motifs is 1. The van der Waals surface area contributed by atoms with E-state index in [4.69, 9.17) is 0 Å². The number of rotatable bonds is 3. The van der Waals surface area contributed by atoms with Crippen LogP contribution in [0.25, 0.3) is 11.0 Å². The highest BCUT2D eigenvalue weighted by Crippen LogP contribution is 2.41. The average molecular weight is 407 g/mol. The molecule has 1 aliphatic carbocycles. The molecule has 2 amide bonds. The molecule has 10 heteroatoms. The van der Waals surface area contributed by atoms with Gasteiger partial charge in [0.2, 0.25) is 5.92 Å². The molecule has 4 rings (SSSR count). The number of amides is 2. The lowest BCUT2D eigenvalue weighted by atomic mass is 9.84. The summed E-state index contributed by atoms with van der Waals surface area (Å²) < 4.78 is 54.4. The van der Waals surface area contributed by atoms with Gasteiger partial charge in [-0.25, -0.2) is 27.3 Å². The number of carbonyl (C=O) groups excluding carboxylic acids is 1. The van der Waals surface area contributed by atoms with E-state index >= 15 is 0 Å². The minimum Gasteiger partial charge on any atom is -0.344 e. The van der Waals surface area contributed by atoms with Gasteiger partial charge in [0.15, 0.2) is 0 Å². The first-order valence-electron chi connectivity index (χ1n) is 9.05. The number of nitrogens with zero attached hydrogens (tertiary/aromatic N) is 2. The summed E-state index contributed by atoms with van der Waals surface area (Å²) in [5.41, 5.74) is 0.938. The van der Waals surface area contributed by atoms with Gasteiger partial charge in [0, 0.05) is 36.4 Å². The quantitative estimate of drug-likeness (QED) is 0.524. The highest BCUT2D eigenvalue weighted by Gasteiger charge is 2.36. The molecule has 3 aromatic rings. The molecule has 3 N–H and O–H groups in total. The Balaban J connectivity index is 1.43. The first-order chi connectivity index (χ1) is 13.8. The Hall–Kier alpha value is -3.17. The molecule has 0 saturated heterocycles. The number of hydrogen-bond donors (Lipinski definition) is 3. The van der Waals surface area contributed by atoms with Crippen molar-refractivity contribution in [2.24, 2.45) is 0 Å². The van der Waals surface area contributed by atoms with Gasteiger partial charge in [-0.05, 0) is 18.9 Å². The SMILES string of the molecule is O=C(Nc1cnc(C2CCC(F)(F)CC2)c(F)c1)Nc1c[nH]c2ncc(F)cc12. The largest absolute Gasteiger partial charge is 0.344 e. The maximum absolute atomic E-state index is 14.4. The summed E-state index contributed by atoms with van der Waals surface area (Å²) in [6.45, 7) is 0. The molecule has 0 spiro atoms. The fourth-order valence-electron chi connectivity index (χ4n) is 3.50. The van der Waals surface area contributed by atoms with Crippen LogP contribution in [0.2, 0.25) is 0 Å². The van der Waals surface area contributed by atoms with E-state index in [-0.39, 0.29) is 43.0 Å². The van der Waals surface area contributed by atoms with Crippen LogP contribution in [0.1, 0.15) is 37.3 Å². The molecule has 0 bridgehead atoms. The summed E-state index contributed by atoms with van der Waals surface area (Å²) in [7, 11) is 0. The summed E-state index contributed by atoms with van der Waals surface area (Å²) >= 11 is 0. The third-order valence-corrected chi connectivity index (χ3v) is 4.98. The topological polar surface area (TPSA) is 82.7 Å². The monoisotopic (exact) mass is 407 g/mol. The Morgan fingerprint density at radius 3 is 2.59 bits per heavy atom. The first kappa shape index (κ1) is 19.2. The first-order valence-corrected chi connectivity index (χ1v) is 9.05. The van der Waals surface area contributed by atoms with Crippen molar-refractivity contribution >= 4 is 28.4 Å². The molecule has 1 fully saturated rings. The van der Waals surface area contributed by atoms with E-state index in [1.165, 1.54) is 18.5 Å². The lowest BCUT2D eigenvalue weighted by Gasteiger charge is -2.28. The highest BCUT2D eigenvalue weighted by atomic mass is 19.3. The van der Waals surface area contributed by atoms with Crippen molar-refractivity contribution in [1.29, 1.82) is 0 Å². The molecule has 0 atom stereocenters. The number of aromatic amines is 1. The number of nitrogens with one attached hydrogen (secondary N) is 3. The Morgan fingerprint density at radius 2 is 1.86 bits per heavy atom. The molecule has 0 aliphatic heterocycles. The molecule has 3 aromatic heterocycles. The van der Waals surface area contributed by atoms with Crippen molar-refractivity contribution in [2.45, 2.75) is 37.5 Å². The number of alkyl halides is 2. The lowest BCUT2D eigenvalue weighted by Crippen LogP contribution is -2.24. The standard InChI is InChI=1S/C19H17F4N5O/c20-11-5-13-15(9-26-17(13)25-7-11)28-18(29)27-12-6-14(21)16(24-8-12)10-1-3-19(22,23)4-2-10/h5-10H,1-4H2,(H,25,26)(H2,27,28,29). The molecule has 0 aromatic carbocycles. The van der Waals surface area contributed by atoms with Crippen molar-refractivity contribution in [2.75, 3.05) is 10.6 Å². The minimum atomic E-state index is -2.70. The van der Waals surface area contributed by atoms with Gasteiger partial charge in [-0.2, -0.15) is 0 Å². The zero-order valence-electron chi connectivity index (χ0n) is 15.1. The highest BCUT2D eigenvalue weighted by molar-refractivity contribution is 6.05. The van der Waals surface area contributed by atoms with E-state index in [1.807, 2.05) is 0 Å². The average Bonchev–Trinajstić information content (AvgIpc) is 3.04. The van der Waals surface area contributed by atoms with Crippen molar-refractivity contribution in [3.8, 4) is 0 Å². The molecule has 152 valence electrons. The van der Waals surface area contributed by atoms with Crippen LogP contribution in [-0.2, 0) is 0 Å². The third-order valence-electron chi connectivity index (χ3n) is 4.98. The van der Waals surface area contributed by atoms with Gasteiger partial charge in [0.25, 0.3) is 0 Å². The summed E-state index contributed by atoms with van der Waals surface area (Å²) in [5.74, 6) is -4.28. The number of H-pyrrole nitrogens is 1. The fourth-order valence-corrected chi connectivity index (χ4v) is 3.50. The number of pyridine rings is 2. The van der Waals surface area contributed by atoms with Crippen LogP contribution in [0, 0.1) is 11.6 Å². The molecule has 1 saturated carbocycles. The number of urea groups is 1. The fraction of sp³-hybridized carbons (Fsp3) is 0.316. The smallest absolute Gasteiger partial charge is 0.323 e. The van der Waals surface area contributed by atoms with E-state index in [9.17, 15) is 22.4 Å². The number of hydrogen-bond acceptors (Lipinski definition) is 3. The maximum Gasteiger partial charge on any atom is 0.323 e. The summed E-state index contributed by atoms with van der Waals surface area (Å²) in [4.78, 5) is 22.9. The number of anilines is 2. The van der Waals surface area contributed by atoms with Crippen LogP contribution in [0.4, 0.5) is 33.7 Å². The normalized spacial score (nSPS) is 16.7. The van der Waals surface area contributed by atoms with E-state index in [2.05, 4.69) is 25.6 Å². The van der Waals surface area contributed by atoms with Gasteiger partial charge in [-0.1, -0.05) is 0 Å². The molecule has 6 nitrogen and oxygen atoms in total. The van der Waals surface area contributed by atoms with Gasteiger partial charge >= 0.3 is 6.03 Å². The zero-order chi connectivity index (χ0) is 20.6. The van der Waals surface area contributed by atoms with E-state index in [0.717, 1.165) is 12.3 Å². The molecular formula is C19H17F4N5O. The second-order valence-electron chi connectivity index (χ2n) is 7.05. The van der Waals surface area contributed by atoms with Crippen molar-refractivity contribution in [1.82, 2.24) is 15.0 Å². The number of halogens is 4. The Bertz CT molecular complexity index is 1060. The van der Waals surface area contributed by atoms with Gasteiger partial charge in [-0.3, -0.25) is 4.98 Å². The van der Waals surface area contributed by atoms with E-state index < -0.39 is 23.6 Å². The van der Waals surface area contributed by atoms with Crippen molar-refractivity contribution in [3.05, 3.63) is 48.1 Å². The molecule has 3 heterocycles. The predicted octanol–water partition coefficient (Wildman–Crippen LogP) is 5.17. The van der Waals surface area contributed by atoms with Crippen molar-refractivity contribution in [3.63, 3.8) is 0 Å². The minimum absolute atomic E-state index is 0.106. The van der Waals surface area contributed by atoms with E-state index in [0.29, 0.717) is 16.7 Å². The molecule has 0 radical (unpaired) electrons. The van der Waals surface area contributed by atoms with Gasteiger partial charge in [-0.15, -0.1) is 0 Å². The van der Waals surface area contributed by atoms with Crippen LogP contribution >= 0.6 is 0 Å². The van der Waals surface area contributed by atoms with E-state index in [1.54, 1.807) is 0 Å². The van der Waals surface area contributed by atoms with Gasteiger partial charge < -0.3 is 15.6 Å². The van der Waals surface area contributed by atoms with Crippen LogP contribution in [-0.4, -0.2) is 26.9 Å². The maximum atomic E-state index is 14.4. The zero-order valence-corrected chi connectivity index (χ0v) is 15.1. The molecular weight excluding hydrogens is 390 g/mol. The number of carbonyl (C=O) groups is 1. The Labute approximate surface area is 162 Å². The summed E-state index contributed by atoms with van der Waals surface area (Å²) in [5, 5.41) is 5.35. The van der Waals surface area contributed by atoms with Crippen LogP contribution in [0.15, 0.2) is 30.7 Å². The molecule has 29 heavy (non-hydrogen) atoms. The van der Waals surface area contributed by atoms with Crippen LogP contribution < -0.4 is 10.6 Å². The van der Waals surface area contributed by atoms with Gasteiger partial charge in [0.1, 0.15) is 17.3 Å². The second-order valence-corrected chi connectivity index (χ2v) is 7.05. The third kappa shape index (κ3) is 4.15. The predicted molar refractivity (Wildman–Crippen MR) is 99.0 cm³/mol. The lowest BCUT2D eigenvalue weighted by molar-refractivity contribution is -0.0387. The Kier molecular flexibility index (Phi) is 4.85.